The molecular weight excluding hydrogens is 258 g/mol. The van der Waals surface area contributed by atoms with Crippen molar-refractivity contribution in [2.45, 2.75) is 44.6 Å². The van der Waals surface area contributed by atoms with Gasteiger partial charge in [-0.3, -0.25) is 0 Å². The van der Waals surface area contributed by atoms with Gasteiger partial charge in [-0.05, 0) is 31.6 Å². The molecule has 6 nitrogen and oxygen atoms in total. The minimum atomic E-state index is -0.436. The maximum atomic E-state index is 6.41. The van der Waals surface area contributed by atoms with E-state index in [1.807, 2.05) is 0 Å². The predicted molar refractivity (Wildman–Crippen MR) is 74.2 cm³/mol. The second-order valence-electron chi connectivity index (χ2n) is 5.71. The molecule has 1 aliphatic rings. The van der Waals surface area contributed by atoms with Crippen molar-refractivity contribution < 1.29 is 14.0 Å². The average molecular weight is 283 g/mol. The molecule has 2 N–H and O–H groups in total. The third kappa shape index (κ3) is 4.01. The summed E-state index contributed by atoms with van der Waals surface area (Å²) in [5.74, 6) is 1.99. The molecule has 0 unspecified atom stereocenters. The number of hydrogen-bond donors (Lipinski definition) is 1. The third-order valence-electron chi connectivity index (χ3n) is 3.96. The number of ether oxygens (including phenoxy) is 2. The highest BCUT2D eigenvalue weighted by Crippen LogP contribution is 2.36. The Morgan fingerprint density at radius 1 is 1.30 bits per heavy atom. The number of nitrogens with two attached hydrogens (primary N) is 1. The Labute approximate surface area is 120 Å². The van der Waals surface area contributed by atoms with Gasteiger partial charge in [0.2, 0.25) is 5.89 Å². The third-order valence-corrected chi connectivity index (χ3v) is 3.96. The number of rotatable bonds is 7. The summed E-state index contributed by atoms with van der Waals surface area (Å²) in [6, 6.07) is 0. The maximum Gasteiger partial charge on any atom is 0.246 e. The lowest BCUT2D eigenvalue weighted by atomic mass is 9.78. The molecule has 0 radical (unpaired) electrons. The molecule has 0 atom stereocenters. The molecule has 1 aliphatic carbocycles. The van der Waals surface area contributed by atoms with Gasteiger partial charge >= 0.3 is 0 Å². The molecule has 1 aromatic rings. The molecule has 0 aliphatic heterocycles. The Kier molecular flexibility index (Phi) is 5.51. The van der Waals surface area contributed by atoms with E-state index in [1.54, 1.807) is 7.11 Å². The Balaban J connectivity index is 1.82. The van der Waals surface area contributed by atoms with Gasteiger partial charge in [-0.15, -0.1) is 0 Å². The summed E-state index contributed by atoms with van der Waals surface area (Å²) < 4.78 is 15.7. The van der Waals surface area contributed by atoms with E-state index >= 15 is 0 Å². The zero-order valence-corrected chi connectivity index (χ0v) is 12.4. The number of hydrogen-bond acceptors (Lipinski definition) is 6. The van der Waals surface area contributed by atoms with Crippen molar-refractivity contribution in [1.82, 2.24) is 10.1 Å². The van der Waals surface area contributed by atoms with Gasteiger partial charge in [-0.1, -0.05) is 12.1 Å². The van der Waals surface area contributed by atoms with Gasteiger partial charge in [0, 0.05) is 13.5 Å². The van der Waals surface area contributed by atoms with Crippen LogP contribution in [0.4, 0.5) is 0 Å². The molecule has 6 heteroatoms. The Morgan fingerprint density at radius 2 is 2.05 bits per heavy atom. The van der Waals surface area contributed by atoms with Crippen LogP contribution >= 0.6 is 0 Å². The second-order valence-corrected chi connectivity index (χ2v) is 5.71. The first-order valence-corrected chi connectivity index (χ1v) is 7.32. The lowest BCUT2D eigenvalue weighted by Gasteiger charge is -2.32. The van der Waals surface area contributed by atoms with Crippen molar-refractivity contribution in [3.63, 3.8) is 0 Å². The molecule has 0 spiro atoms. The van der Waals surface area contributed by atoms with Crippen LogP contribution in [0, 0.1) is 5.92 Å². The lowest BCUT2D eigenvalue weighted by Crippen LogP contribution is -2.40. The van der Waals surface area contributed by atoms with Gasteiger partial charge in [0.1, 0.15) is 0 Å². The Bertz CT molecular complexity index is 400. The average Bonchev–Trinajstić information content (AvgIpc) is 2.92. The molecule has 1 saturated carbocycles. The van der Waals surface area contributed by atoms with Crippen molar-refractivity contribution in [2.24, 2.45) is 11.7 Å². The van der Waals surface area contributed by atoms with Crippen LogP contribution in [0.1, 0.15) is 44.3 Å². The Morgan fingerprint density at radius 3 is 2.75 bits per heavy atom. The van der Waals surface area contributed by atoms with Gasteiger partial charge < -0.3 is 19.7 Å². The van der Waals surface area contributed by atoms with Crippen molar-refractivity contribution in [2.75, 3.05) is 26.9 Å². The van der Waals surface area contributed by atoms with Gasteiger partial charge in [0.25, 0.3) is 0 Å². The molecule has 20 heavy (non-hydrogen) atoms. The standard InChI is InChI=1S/C14H25N3O3/c1-11-3-6-14(15,7-4-11)13-16-12(17-20-13)5-8-19-10-9-18-2/h11H,3-10,15H2,1-2H3. The number of aromatic nitrogens is 2. The highest BCUT2D eigenvalue weighted by atomic mass is 16.5. The largest absolute Gasteiger partial charge is 0.382 e. The van der Waals surface area contributed by atoms with Crippen molar-refractivity contribution in [1.29, 1.82) is 0 Å². The van der Waals surface area contributed by atoms with Crippen LogP contribution in [0.3, 0.4) is 0 Å². The minimum absolute atomic E-state index is 0.436. The summed E-state index contributed by atoms with van der Waals surface area (Å²) in [6.07, 6.45) is 4.71. The summed E-state index contributed by atoms with van der Waals surface area (Å²) in [6.45, 7) is 4.01. The molecule has 114 valence electrons. The highest BCUT2D eigenvalue weighted by molar-refractivity contribution is 5.04. The van der Waals surface area contributed by atoms with E-state index in [-0.39, 0.29) is 0 Å². The smallest absolute Gasteiger partial charge is 0.246 e. The van der Waals surface area contributed by atoms with Crippen molar-refractivity contribution in [3.05, 3.63) is 11.7 Å². The van der Waals surface area contributed by atoms with Crippen molar-refractivity contribution in [3.8, 4) is 0 Å². The van der Waals surface area contributed by atoms with E-state index in [1.165, 1.54) is 0 Å². The molecule has 1 heterocycles. The molecular formula is C14H25N3O3. The van der Waals surface area contributed by atoms with Crippen LogP contribution in [0.5, 0.6) is 0 Å². The first kappa shape index (κ1) is 15.4. The molecule has 0 saturated heterocycles. The van der Waals surface area contributed by atoms with E-state index in [9.17, 15) is 0 Å². The fourth-order valence-electron chi connectivity index (χ4n) is 2.46. The highest BCUT2D eigenvalue weighted by Gasteiger charge is 2.36. The molecule has 0 bridgehead atoms. The molecule has 2 rings (SSSR count). The summed E-state index contributed by atoms with van der Waals surface area (Å²) >= 11 is 0. The van der Waals surface area contributed by atoms with E-state index in [2.05, 4.69) is 17.1 Å². The quantitative estimate of drug-likeness (QED) is 0.766. The normalized spacial score (nSPS) is 26.9. The van der Waals surface area contributed by atoms with E-state index < -0.39 is 5.54 Å². The minimum Gasteiger partial charge on any atom is -0.382 e. The Hall–Kier alpha value is -0.980. The van der Waals surface area contributed by atoms with Crippen LogP contribution in [-0.4, -0.2) is 37.1 Å². The SMILES string of the molecule is COCCOCCc1noc(C2(N)CCC(C)CC2)n1. The predicted octanol–water partition coefficient (Wildman–Crippen LogP) is 1.64. The fraction of sp³-hybridized carbons (Fsp3) is 0.857. The van der Waals surface area contributed by atoms with E-state index in [0.29, 0.717) is 38.0 Å². The summed E-state index contributed by atoms with van der Waals surface area (Å²) in [4.78, 5) is 4.43. The molecule has 1 aromatic heterocycles. The van der Waals surface area contributed by atoms with Gasteiger partial charge in [0.05, 0.1) is 25.4 Å². The van der Waals surface area contributed by atoms with Crippen molar-refractivity contribution >= 4 is 0 Å². The van der Waals surface area contributed by atoms with Gasteiger partial charge in [-0.2, -0.15) is 4.98 Å². The van der Waals surface area contributed by atoms with Gasteiger partial charge in [-0.25, -0.2) is 0 Å². The monoisotopic (exact) mass is 283 g/mol. The van der Waals surface area contributed by atoms with Crippen LogP contribution in [0.25, 0.3) is 0 Å². The second kappa shape index (κ2) is 7.15. The summed E-state index contributed by atoms with van der Waals surface area (Å²) in [7, 11) is 1.65. The zero-order valence-electron chi connectivity index (χ0n) is 12.4. The van der Waals surface area contributed by atoms with E-state index in [0.717, 1.165) is 31.6 Å². The molecule has 1 fully saturated rings. The first-order valence-electron chi connectivity index (χ1n) is 7.32. The topological polar surface area (TPSA) is 83.4 Å². The molecule has 0 aromatic carbocycles. The molecule has 0 amide bonds. The van der Waals surface area contributed by atoms with Crippen LogP contribution in [-0.2, 0) is 21.4 Å². The van der Waals surface area contributed by atoms with Gasteiger partial charge in [0.15, 0.2) is 5.82 Å². The zero-order chi connectivity index (χ0) is 14.4. The lowest BCUT2D eigenvalue weighted by molar-refractivity contribution is 0.0714. The maximum absolute atomic E-state index is 6.41. The number of methoxy groups -OCH3 is 1. The summed E-state index contributed by atoms with van der Waals surface area (Å²) in [5, 5.41) is 4.00. The summed E-state index contributed by atoms with van der Waals surface area (Å²) in [5.41, 5.74) is 5.97. The van der Waals surface area contributed by atoms with Crippen LogP contribution in [0.2, 0.25) is 0 Å². The van der Waals surface area contributed by atoms with Crippen LogP contribution in [0.15, 0.2) is 4.52 Å². The van der Waals surface area contributed by atoms with Crippen LogP contribution < -0.4 is 5.73 Å². The fourth-order valence-corrected chi connectivity index (χ4v) is 2.46. The van der Waals surface area contributed by atoms with E-state index in [4.69, 9.17) is 19.7 Å². The number of nitrogens with zero attached hydrogens (tertiary/aromatic N) is 2. The first-order chi connectivity index (χ1) is 9.64.